The third-order valence-corrected chi connectivity index (χ3v) is 21.8. The molecule has 0 saturated heterocycles. The molecule has 0 spiro atoms. The number of benzene rings is 15. The number of anilines is 9. The molecule has 0 N–H and O–H groups in total. The van der Waals surface area contributed by atoms with Gasteiger partial charge in [0.15, 0.2) is 0 Å². The molecule has 12 heteroatoms. The van der Waals surface area contributed by atoms with Crippen molar-refractivity contribution in [3.8, 4) is 101 Å². The number of aromatic nitrogens is 3. The van der Waals surface area contributed by atoms with Crippen LogP contribution in [0, 0.1) is 84.1 Å². The SMILES string of the molecule is CN1[CH-]N(c2[c-]ccc(-c3ccc(-c4ccccc4)cc3)c2)c2ccccc21.Cc1c[c-]c(N2[CH-]N(C)c3ccccc32)c(C)c1-c1ccc(-c2ccccc2)cc1.Cc1cc(-c2ccccc2)cc(C)c1-c1cc[c-]c(N2[CH-]N(C)c3ccccc32)c1.[Rh+3].[Rh+3].[Rh+3].[c-]1ccccc1-c1ccccn1.[c-]1ccccc1-c1ccccn1.[c-]1ccccc1-c1ccccn1. The topological polar surface area (TPSA) is 58.1 Å². The van der Waals surface area contributed by atoms with Crippen LogP contribution in [0.25, 0.3) is 101 Å². The average Bonchev–Trinajstić information content (AvgIpc) is 1.64. The first-order valence-electron chi connectivity index (χ1n) is 41.5. The zero-order valence-electron chi connectivity index (χ0n) is 71.5. The predicted octanol–water partition coefficient (Wildman–Crippen LogP) is 28.5. The Morgan fingerprint density at radius 3 is 0.929 bits per heavy atom. The van der Waals surface area contributed by atoms with Crippen LogP contribution in [0.2, 0.25) is 0 Å². The fourth-order valence-electron chi connectivity index (χ4n) is 15.7. The first kappa shape index (κ1) is 91.1. The molecule has 0 fully saturated rings. The Bertz CT molecular complexity index is 6170. The monoisotopic (exact) mass is 1910 g/mol. The number of fused-ring (bicyclic) bond motifs is 3. The largest absolute Gasteiger partial charge is 3.00 e. The molecular weight excluding hydrogens is 1820 g/mol. The number of aryl methyl sites for hydroxylation is 3. The van der Waals surface area contributed by atoms with Crippen molar-refractivity contribution >= 4 is 51.2 Å². The Kier molecular flexibility index (Phi) is 31.8. The van der Waals surface area contributed by atoms with E-state index in [9.17, 15) is 0 Å². The first-order chi connectivity index (χ1) is 60.9. The molecule has 3 aliphatic heterocycles. The van der Waals surface area contributed by atoms with Gasteiger partial charge in [0, 0.05) is 52.7 Å². The van der Waals surface area contributed by atoms with E-state index in [-0.39, 0.29) is 58.4 Å². The van der Waals surface area contributed by atoms with Crippen LogP contribution in [0.1, 0.15) is 22.3 Å². The summed E-state index contributed by atoms with van der Waals surface area (Å²) in [7, 11) is 6.25. The van der Waals surface area contributed by atoms with Gasteiger partial charge in [-0.25, -0.2) is 0 Å². The van der Waals surface area contributed by atoms with Crippen molar-refractivity contribution in [2.45, 2.75) is 27.7 Å². The van der Waals surface area contributed by atoms with Gasteiger partial charge in [-0.15, -0.1) is 159 Å². The molecule has 3 aliphatic rings. The van der Waals surface area contributed by atoms with Gasteiger partial charge in [0.05, 0.1) is 0 Å². The molecule has 0 radical (unpaired) electrons. The summed E-state index contributed by atoms with van der Waals surface area (Å²) in [4.78, 5) is 25.8. The standard InChI is InChI=1S/2C28H24N2.C26H20N2.3C11H8N.3Rh/c1-20-16-24(22-10-5-4-6-11-22)17-21(2)28(20)23-12-9-13-25(18-23)30-19-29(3)26-14-7-8-15-27(26)30;1-20-13-18-25(30-19-29(3)26-11-7-8-12-27(26)30)21(2)28(20)24-16-14-23(15-17-24)22-9-5-4-6-10-22;1-27-19-28(26-13-6-5-12-25(26)27)24-11-7-10-23(18-24)22-16-14-21(15-17-22)20-8-3-2-4-9-20;3*1-2-6-10(7-3-1)11-8-4-5-9-12-11;;;/h4-12,14-19H,1-3H3;4-17,19H,1-3H3;2-10,12-19H,1H3;3*1-6,8-9H;;;/q3*-2;3*-1;3*+3. The molecule has 6 heterocycles. The van der Waals surface area contributed by atoms with Crippen LogP contribution in [0.5, 0.6) is 0 Å². The summed E-state index contributed by atoms with van der Waals surface area (Å²) in [5, 5.41) is 0. The fraction of sp³-hybridized carbons (Fsp3) is 0.0609. The van der Waals surface area contributed by atoms with Crippen molar-refractivity contribution in [1.29, 1.82) is 0 Å². The van der Waals surface area contributed by atoms with Crippen LogP contribution in [-0.2, 0) is 58.4 Å². The number of pyridine rings is 3. The van der Waals surface area contributed by atoms with E-state index in [1.165, 1.54) is 123 Å². The fourth-order valence-corrected chi connectivity index (χ4v) is 15.7. The van der Waals surface area contributed by atoms with Gasteiger partial charge >= 0.3 is 58.4 Å². The molecule has 0 unspecified atom stereocenters. The molecule has 0 aliphatic carbocycles. The maximum absolute atomic E-state index is 4.22. The van der Waals surface area contributed by atoms with Gasteiger partial charge in [0.1, 0.15) is 0 Å². The second-order valence-corrected chi connectivity index (χ2v) is 30.2. The molecule has 3 aromatic heterocycles. The molecule has 0 bridgehead atoms. The van der Waals surface area contributed by atoms with Crippen LogP contribution in [0.4, 0.5) is 51.2 Å². The maximum atomic E-state index is 4.22. The Balaban J connectivity index is 0.000000135. The van der Waals surface area contributed by atoms with E-state index >= 15 is 0 Å². The van der Waals surface area contributed by atoms with Gasteiger partial charge in [-0.2, -0.15) is 74.1 Å². The van der Waals surface area contributed by atoms with Crippen LogP contribution >= 0.6 is 0 Å². The third kappa shape index (κ3) is 22.2. The van der Waals surface area contributed by atoms with Crippen molar-refractivity contribution < 1.29 is 58.4 Å². The van der Waals surface area contributed by atoms with Crippen molar-refractivity contribution in [2.24, 2.45) is 0 Å². The summed E-state index contributed by atoms with van der Waals surface area (Å²) < 4.78 is 0. The Hall–Kier alpha value is -13.6. The van der Waals surface area contributed by atoms with E-state index in [4.69, 9.17) is 0 Å². The van der Waals surface area contributed by atoms with E-state index in [0.29, 0.717) is 0 Å². The number of nitrogens with zero attached hydrogens (tertiary/aromatic N) is 9. The van der Waals surface area contributed by atoms with Crippen molar-refractivity contribution in [1.82, 2.24) is 15.0 Å². The number of rotatable bonds is 12. The second-order valence-electron chi connectivity index (χ2n) is 30.2. The van der Waals surface area contributed by atoms with Crippen LogP contribution in [-0.4, -0.2) is 36.1 Å². The maximum Gasteiger partial charge on any atom is 3.00 e. The Morgan fingerprint density at radius 1 is 0.236 bits per heavy atom. The smallest absolute Gasteiger partial charge is 0.504 e. The minimum Gasteiger partial charge on any atom is -0.504 e. The second kappa shape index (κ2) is 44.3. The number of hydrogen-bond acceptors (Lipinski definition) is 9. The van der Waals surface area contributed by atoms with Crippen molar-refractivity contribution in [2.75, 3.05) is 50.5 Å². The molecule has 9 nitrogen and oxygen atoms in total. The van der Waals surface area contributed by atoms with Gasteiger partial charge in [0.2, 0.25) is 0 Å². The van der Waals surface area contributed by atoms with Crippen molar-refractivity contribution in [3.63, 3.8) is 0 Å². The average molecular weight is 1910 g/mol. The molecular formula is C115H92N9Rh3. The molecule has 0 atom stereocenters. The van der Waals surface area contributed by atoms with Gasteiger partial charge < -0.3 is 44.4 Å². The summed E-state index contributed by atoms with van der Waals surface area (Å²) in [6, 6.07) is 155. The van der Waals surface area contributed by atoms with Crippen LogP contribution in [0.3, 0.4) is 0 Å². The first-order valence-corrected chi connectivity index (χ1v) is 41.5. The zero-order chi connectivity index (χ0) is 84.9. The summed E-state index contributed by atoms with van der Waals surface area (Å²) in [6.45, 7) is 15.2. The summed E-state index contributed by atoms with van der Waals surface area (Å²) in [5.74, 6) is 0. The molecule has 127 heavy (non-hydrogen) atoms. The summed E-state index contributed by atoms with van der Waals surface area (Å²) in [6.07, 6.45) is 5.36. The summed E-state index contributed by atoms with van der Waals surface area (Å²) >= 11 is 0. The van der Waals surface area contributed by atoms with Crippen LogP contribution < -0.4 is 29.4 Å². The van der Waals surface area contributed by atoms with E-state index in [1.54, 1.807) is 18.6 Å². The van der Waals surface area contributed by atoms with Crippen LogP contribution in [0.15, 0.2) is 413 Å². The number of para-hydroxylation sites is 6. The molecule has 15 aromatic carbocycles. The van der Waals surface area contributed by atoms with E-state index in [0.717, 1.165) is 50.8 Å². The van der Waals surface area contributed by atoms with E-state index in [1.807, 2.05) is 146 Å². The quantitative estimate of drug-likeness (QED) is 0.0879. The predicted molar refractivity (Wildman–Crippen MR) is 517 cm³/mol. The van der Waals surface area contributed by atoms with Gasteiger partial charge in [-0.3, -0.25) is 0 Å². The number of hydrogen-bond donors (Lipinski definition) is 0. The van der Waals surface area contributed by atoms with E-state index in [2.05, 4.69) is 398 Å². The van der Waals surface area contributed by atoms with Crippen molar-refractivity contribution in [3.05, 3.63) is 492 Å². The Morgan fingerprint density at radius 2 is 0.551 bits per heavy atom. The summed E-state index contributed by atoms with van der Waals surface area (Å²) in [5.41, 5.74) is 36.3. The van der Waals surface area contributed by atoms with E-state index < -0.39 is 0 Å². The molecule has 624 valence electrons. The molecule has 21 rings (SSSR count). The molecule has 0 saturated carbocycles. The minimum atomic E-state index is 0. The van der Waals surface area contributed by atoms with Gasteiger partial charge in [-0.05, 0) is 168 Å². The van der Waals surface area contributed by atoms with Gasteiger partial charge in [-0.1, -0.05) is 238 Å². The minimum absolute atomic E-state index is 0. The van der Waals surface area contributed by atoms with Gasteiger partial charge in [0.25, 0.3) is 0 Å². The molecule has 18 aromatic rings. The zero-order valence-corrected chi connectivity index (χ0v) is 76.4. The third-order valence-electron chi connectivity index (χ3n) is 21.8. The molecule has 0 amide bonds. The normalized spacial score (nSPS) is 11.7. The Labute approximate surface area is 788 Å².